The van der Waals surface area contributed by atoms with Crippen LogP contribution in [0, 0.1) is 17.8 Å². The minimum atomic E-state index is -1.10. The molecule has 2 unspecified atom stereocenters. The fourth-order valence-corrected chi connectivity index (χ4v) is 6.67. The molecule has 3 saturated heterocycles. The summed E-state index contributed by atoms with van der Waals surface area (Å²) in [5.41, 5.74) is -1.91. The number of unbranched alkanes of at least 4 members (excludes halogenated alkanes) is 1. The molecule has 0 aromatic rings. The molecule has 0 aromatic heterocycles. The molecule has 0 radical (unpaired) electrons. The van der Waals surface area contributed by atoms with E-state index in [1.54, 1.807) is 22.8 Å². The van der Waals surface area contributed by atoms with E-state index in [4.69, 9.17) is 9.47 Å². The number of likely N-dealkylation sites (tertiary alicyclic amines) is 1. The molecule has 3 aliphatic heterocycles. The molecule has 3 rings (SSSR count). The van der Waals surface area contributed by atoms with Crippen LogP contribution in [0.2, 0.25) is 0 Å². The standard InChI is InChI=1S/C27H44N2O6/c1-7-12-16-28(15-8-2)24(32)22-27-14-13-26(10-4,35-27)21(25(33)34-11-5)20(27)23(31)29(22)19(17-30)18(6)9-3/h8,18-22,30H,2,7,9-17H2,1,3-6H3/t18-,19-,20-,21+,22?,26-,27?/m0/s1. The molecule has 0 aliphatic carbocycles. The van der Waals surface area contributed by atoms with Gasteiger partial charge in [0.2, 0.25) is 11.8 Å². The quantitative estimate of drug-likeness (QED) is 0.314. The smallest absolute Gasteiger partial charge is 0.312 e. The van der Waals surface area contributed by atoms with Gasteiger partial charge < -0.3 is 24.4 Å². The molecule has 3 aliphatic rings. The van der Waals surface area contributed by atoms with Crippen LogP contribution < -0.4 is 0 Å². The average Bonchev–Trinajstić information content (AvgIpc) is 3.46. The van der Waals surface area contributed by atoms with Crippen LogP contribution in [0.25, 0.3) is 0 Å². The fraction of sp³-hybridized carbons (Fsp3) is 0.815. The summed E-state index contributed by atoms with van der Waals surface area (Å²) < 4.78 is 12.2. The van der Waals surface area contributed by atoms with E-state index in [1.165, 1.54) is 0 Å². The Labute approximate surface area is 210 Å². The molecule has 2 amide bonds. The summed E-state index contributed by atoms with van der Waals surface area (Å²) in [7, 11) is 0. The second kappa shape index (κ2) is 11.0. The first-order valence-electron chi connectivity index (χ1n) is 13.4. The lowest BCUT2D eigenvalue weighted by molar-refractivity contribution is -0.164. The van der Waals surface area contributed by atoms with Crippen molar-refractivity contribution in [1.82, 2.24) is 9.80 Å². The van der Waals surface area contributed by atoms with Crippen molar-refractivity contribution in [3.8, 4) is 0 Å². The van der Waals surface area contributed by atoms with E-state index in [9.17, 15) is 19.5 Å². The van der Waals surface area contributed by atoms with Crippen molar-refractivity contribution in [2.45, 2.75) is 96.4 Å². The van der Waals surface area contributed by atoms with Crippen molar-refractivity contribution in [2.24, 2.45) is 17.8 Å². The van der Waals surface area contributed by atoms with Gasteiger partial charge >= 0.3 is 5.97 Å². The maximum atomic E-state index is 14.3. The molecule has 198 valence electrons. The van der Waals surface area contributed by atoms with Gasteiger partial charge in [-0.15, -0.1) is 6.58 Å². The molecule has 3 fully saturated rings. The van der Waals surface area contributed by atoms with Gasteiger partial charge in [0.1, 0.15) is 17.6 Å². The summed E-state index contributed by atoms with van der Waals surface area (Å²) in [5.74, 6) is -2.47. The summed E-state index contributed by atoms with van der Waals surface area (Å²) in [6.07, 6.45) is 5.87. The normalized spacial score (nSPS) is 32.9. The van der Waals surface area contributed by atoms with Crippen LogP contribution in [0.4, 0.5) is 0 Å². The molecule has 1 spiro atoms. The second-order valence-electron chi connectivity index (χ2n) is 10.4. The Morgan fingerprint density at radius 1 is 1.31 bits per heavy atom. The summed E-state index contributed by atoms with van der Waals surface area (Å²) >= 11 is 0. The largest absolute Gasteiger partial charge is 0.466 e. The molecule has 0 saturated carbocycles. The number of aliphatic hydroxyl groups excluding tert-OH is 1. The minimum absolute atomic E-state index is 0.0312. The lowest BCUT2D eigenvalue weighted by Crippen LogP contribution is -2.60. The van der Waals surface area contributed by atoms with E-state index >= 15 is 0 Å². The maximum Gasteiger partial charge on any atom is 0.312 e. The molecule has 8 nitrogen and oxygen atoms in total. The lowest BCUT2D eigenvalue weighted by atomic mass is 9.65. The Hall–Kier alpha value is -1.93. The summed E-state index contributed by atoms with van der Waals surface area (Å²) in [6, 6.07) is -1.43. The predicted octanol–water partition coefficient (Wildman–Crippen LogP) is 2.93. The first kappa shape index (κ1) is 27.7. The van der Waals surface area contributed by atoms with Crippen molar-refractivity contribution in [2.75, 3.05) is 26.3 Å². The average molecular weight is 493 g/mol. The number of amides is 2. The molecule has 8 heteroatoms. The van der Waals surface area contributed by atoms with Crippen molar-refractivity contribution in [1.29, 1.82) is 0 Å². The zero-order valence-electron chi connectivity index (χ0n) is 22.1. The number of hydrogen-bond acceptors (Lipinski definition) is 6. The third-order valence-electron chi connectivity index (χ3n) is 8.68. The Morgan fingerprint density at radius 2 is 2.03 bits per heavy atom. The Kier molecular flexibility index (Phi) is 8.69. The number of hydrogen-bond donors (Lipinski definition) is 1. The van der Waals surface area contributed by atoms with Crippen LogP contribution >= 0.6 is 0 Å². The predicted molar refractivity (Wildman–Crippen MR) is 132 cm³/mol. The van der Waals surface area contributed by atoms with Crippen LogP contribution in [0.15, 0.2) is 12.7 Å². The van der Waals surface area contributed by atoms with E-state index in [2.05, 4.69) is 13.5 Å². The van der Waals surface area contributed by atoms with Gasteiger partial charge in [-0.2, -0.15) is 0 Å². The van der Waals surface area contributed by atoms with Gasteiger partial charge in [-0.25, -0.2) is 0 Å². The third-order valence-corrected chi connectivity index (χ3v) is 8.68. The van der Waals surface area contributed by atoms with Crippen molar-refractivity contribution < 1.29 is 29.0 Å². The van der Waals surface area contributed by atoms with Gasteiger partial charge in [0.25, 0.3) is 0 Å². The lowest BCUT2D eigenvalue weighted by Gasteiger charge is -2.41. The van der Waals surface area contributed by atoms with E-state index < -0.39 is 41.1 Å². The van der Waals surface area contributed by atoms with Crippen molar-refractivity contribution in [3.05, 3.63) is 12.7 Å². The molecule has 2 bridgehead atoms. The van der Waals surface area contributed by atoms with Crippen molar-refractivity contribution >= 4 is 17.8 Å². The SMILES string of the molecule is C=CCN(CCCC)C(=O)C1N([C@@H](CO)[C@@H](C)CC)C(=O)[C@@H]2[C@H](C(=O)OCC)[C@]3(CC)CCC12O3. The molecule has 7 atom stereocenters. The van der Waals surface area contributed by atoms with E-state index in [0.29, 0.717) is 32.4 Å². The van der Waals surface area contributed by atoms with Crippen molar-refractivity contribution in [3.63, 3.8) is 0 Å². The van der Waals surface area contributed by atoms with Gasteiger partial charge in [-0.3, -0.25) is 14.4 Å². The summed E-state index contributed by atoms with van der Waals surface area (Å²) in [4.78, 5) is 45.0. The Morgan fingerprint density at radius 3 is 2.57 bits per heavy atom. The highest BCUT2D eigenvalue weighted by Gasteiger charge is 2.79. The van der Waals surface area contributed by atoms with Crippen LogP contribution in [-0.2, 0) is 23.9 Å². The number of fused-ring (bicyclic) bond motifs is 1. The van der Waals surface area contributed by atoms with Gasteiger partial charge in [-0.1, -0.05) is 46.6 Å². The molecule has 35 heavy (non-hydrogen) atoms. The first-order chi connectivity index (χ1) is 16.7. The van der Waals surface area contributed by atoms with E-state index in [0.717, 1.165) is 19.3 Å². The molecule has 0 aromatic carbocycles. The number of rotatable bonds is 13. The maximum absolute atomic E-state index is 14.3. The summed E-state index contributed by atoms with van der Waals surface area (Å²) in [5, 5.41) is 10.4. The van der Waals surface area contributed by atoms with Gasteiger partial charge in [-0.05, 0) is 38.5 Å². The fourth-order valence-electron chi connectivity index (χ4n) is 6.67. The topological polar surface area (TPSA) is 96.4 Å². The summed E-state index contributed by atoms with van der Waals surface area (Å²) in [6.45, 7) is 14.5. The third kappa shape index (κ3) is 4.31. The number of carbonyl (C=O) groups is 3. The first-order valence-corrected chi connectivity index (χ1v) is 13.4. The molecular weight excluding hydrogens is 448 g/mol. The van der Waals surface area contributed by atoms with Gasteiger partial charge in [0, 0.05) is 13.1 Å². The molecule has 3 heterocycles. The highest BCUT2D eigenvalue weighted by Crippen LogP contribution is 2.65. The Balaban J connectivity index is 2.16. The Bertz CT molecular complexity index is 817. The number of aliphatic hydroxyl groups is 1. The van der Waals surface area contributed by atoms with Crippen LogP contribution in [-0.4, -0.2) is 82.3 Å². The van der Waals surface area contributed by atoms with Crippen LogP contribution in [0.3, 0.4) is 0 Å². The van der Waals surface area contributed by atoms with E-state index in [1.807, 2.05) is 20.8 Å². The van der Waals surface area contributed by atoms with Gasteiger partial charge in [0.15, 0.2) is 0 Å². The second-order valence-corrected chi connectivity index (χ2v) is 10.4. The zero-order chi connectivity index (χ0) is 26.0. The van der Waals surface area contributed by atoms with Crippen LogP contribution in [0.1, 0.15) is 73.1 Å². The highest BCUT2D eigenvalue weighted by molar-refractivity contribution is 5.98. The van der Waals surface area contributed by atoms with Gasteiger partial charge in [0.05, 0.1) is 30.8 Å². The highest BCUT2D eigenvalue weighted by atomic mass is 16.6. The number of esters is 1. The number of nitrogens with zero attached hydrogens (tertiary/aromatic N) is 2. The number of ether oxygens (including phenoxy) is 2. The zero-order valence-corrected chi connectivity index (χ0v) is 22.1. The number of carbonyl (C=O) groups excluding carboxylic acids is 3. The minimum Gasteiger partial charge on any atom is -0.466 e. The monoisotopic (exact) mass is 492 g/mol. The molecule has 1 N–H and O–H groups in total. The van der Waals surface area contributed by atoms with Crippen LogP contribution in [0.5, 0.6) is 0 Å². The van der Waals surface area contributed by atoms with E-state index in [-0.39, 0.29) is 30.9 Å². The molecular formula is C27H44N2O6.